The molecule has 0 heterocycles. The molecule has 0 bridgehead atoms. The third kappa shape index (κ3) is 5.13. The van der Waals surface area contributed by atoms with E-state index in [1.165, 1.54) is 0 Å². The van der Waals surface area contributed by atoms with Crippen molar-refractivity contribution in [2.24, 2.45) is 0 Å². The quantitative estimate of drug-likeness (QED) is 0.350. The zero-order valence-electron chi connectivity index (χ0n) is 18.3. The molecule has 1 aromatic carbocycles. The van der Waals surface area contributed by atoms with Gasteiger partial charge in [-0.15, -0.1) is 0 Å². The van der Waals surface area contributed by atoms with Gasteiger partial charge in [-0.1, -0.05) is 48.8 Å². The van der Waals surface area contributed by atoms with Gasteiger partial charge < -0.3 is 24.1 Å². The molecule has 1 fully saturated rings. The van der Waals surface area contributed by atoms with Gasteiger partial charge in [0.2, 0.25) is 0 Å². The Labute approximate surface area is 187 Å². The average molecular weight is 503 g/mol. The Hall–Kier alpha value is -1.26. The Balaban J connectivity index is 2.10. The lowest BCUT2D eigenvalue weighted by atomic mass is 9.80. The maximum absolute atomic E-state index is 12.9. The van der Waals surface area contributed by atoms with E-state index in [2.05, 4.69) is 15.9 Å². The van der Waals surface area contributed by atoms with Crippen LogP contribution in [0.3, 0.4) is 0 Å². The van der Waals surface area contributed by atoms with Crippen LogP contribution in [0.5, 0.6) is 5.75 Å². The largest absolute Gasteiger partial charge is 0.497 e. The number of rotatable bonds is 6. The van der Waals surface area contributed by atoms with E-state index in [1.54, 1.807) is 31.4 Å². The van der Waals surface area contributed by atoms with Crippen LogP contribution in [0.4, 0.5) is 0 Å². The Morgan fingerprint density at radius 3 is 2.33 bits per heavy atom. The first-order chi connectivity index (χ1) is 13.7. The number of carbonyl (C=O) groups excluding carboxylic acids is 2. The molecule has 1 saturated carbocycles. The van der Waals surface area contributed by atoms with Crippen molar-refractivity contribution in [1.29, 1.82) is 0 Å². The molecule has 0 radical (unpaired) electrons. The Bertz CT molecular complexity index is 775. The fourth-order valence-electron chi connectivity index (χ4n) is 2.91. The predicted octanol–water partition coefficient (Wildman–Crippen LogP) is 2.96. The van der Waals surface area contributed by atoms with Gasteiger partial charge in [-0.25, -0.2) is 4.79 Å². The minimum absolute atomic E-state index is 0.0843. The van der Waals surface area contributed by atoms with Crippen molar-refractivity contribution in [3.05, 3.63) is 29.8 Å². The third-order valence-electron chi connectivity index (χ3n) is 5.93. The molecule has 0 saturated heterocycles. The number of aliphatic hydroxyl groups excluding tert-OH is 1. The van der Waals surface area contributed by atoms with Gasteiger partial charge in [-0.2, -0.15) is 0 Å². The second-order valence-corrected chi connectivity index (χ2v) is 14.9. The molecule has 168 valence electrons. The maximum atomic E-state index is 12.9. The summed E-state index contributed by atoms with van der Waals surface area (Å²) in [6.07, 6.45) is -2.79. The van der Waals surface area contributed by atoms with Crippen LogP contribution in [0, 0.1) is 0 Å². The van der Waals surface area contributed by atoms with Crippen molar-refractivity contribution in [3.63, 3.8) is 0 Å². The van der Waals surface area contributed by atoms with Gasteiger partial charge in [0.1, 0.15) is 23.3 Å². The van der Waals surface area contributed by atoms with Crippen LogP contribution in [0.1, 0.15) is 32.8 Å². The fraction of sp³-hybridized carbons (Fsp3) is 0.619. The molecule has 0 aliphatic heterocycles. The SMILES string of the molecule is COc1ccc(COC(=O)[C@@]2(O)C[C@@H](O)[C@H](O[Si](C)(C)C(C)(C)C)C(=O)[C@@H]2Br)cc1. The summed E-state index contributed by atoms with van der Waals surface area (Å²) in [5.74, 6) is -0.876. The molecule has 30 heavy (non-hydrogen) atoms. The number of aliphatic hydroxyl groups is 2. The number of benzene rings is 1. The standard InChI is InChI=1S/C21H31BrO7Si/c1-20(2,3)30(5,6)29-17-15(23)11-21(26,18(22)16(17)24)19(25)28-12-13-7-9-14(27-4)10-8-13/h7-10,15,17-18,23,26H,11-12H2,1-6H3/t15-,17+,18+,21-/m1/s1. The number of carbonyl (C=O) groups is 2. The second-order valence-electron chi connectivity index (χ2n) is 9.18. The van der Waals surface area contributed by atoms with E-state index < -0.39 is 42.7 Å². The first-order valence-corrected chi connectivity index (χ1v) is 13.6. The molecule has 0 aromatic heterocycles. The van der Waals surface area contributed by atoms with Gasteiger partial charge in [0, 0.05) is 6.42 Å². The third-order valence-corrected chi connectivity index (χ3v) is 11.6. The number of ether oxygens (including phenoxy) is 2. The minimum Gasteiger partial charge on any atom is -0.497 e. The first-order valence-electron chi connectivity index (χ1n) is 9.79. The number of ketones is 1. The monoisotopic (exact) mass is 502 g/mol. The predicted molar refractivity (Wildman–Crippen MR) is 118 cm³/mol. The number of Topliss-reactive ketones (excluding diaryl/α,β-unsaturated/α-hetero) is 1. The summed E-state index contributed by atoms with van der Waals surface area (Å²) in [6.45, 7) is 9.94. The van der Waals surface area contributed by atoms with E-state index >= 15 is 0 Å². The highest BCUT2D eigenvalue weighted by molar-refractivity contribution is 9.10. The van der Waals surface area contributed by atoms with Gasteiger partial charge in [-0.05, 0) is 35.8 Å². The molecule has 4 atom stereocenters. The van der Waals surface area contributed by atoms with E-state index in [1.807, 2.05) is 33.9 Å². The minimum atomic E-state index is -2.36. The zero-order valence-corrected chi connectivity index (χ0v) is 20.9. The van der Waals surface area contributed by atoms with Crippen LogP contribution in [-0.4, -0.2) is 60.0 Å². The van der Waals surface area contributed by atoms with Gasteiger partial charge in [0.05, 0.1) is 13.2 Å². The second kappa shape index (κ2) is 9.08. The molecular formula is C21H31BrO7Si. The molecular weight excluding hydrogens is 472 g/mol. The van der Waals surface area contributed by atoms with Crippen molar-refractivity contribution < 1.29 is 33.7 Å². The van der Waals surface area contributed by atoms with Crippen LogP contribution >= 0.6 is 15.9 Å². The van der Waals surface area contributed by atoms with Crippen molar-refractivity contribution in [3.8, 4) is 5.75 Å². The molecule has 9 heteroatoms. The van der Waals surface area contributed by atoms with Crippen molar-refractivity contribution >= 4 is 36.0 Å². The smallest absolute Gasteiger partial charge is 0.340 e. The first kappa shape index (κ1) is 25.0. The molecule has 0 amide bonds. The number of methoxy groups -OCH3 is 1. The lowest BCUT2D eigenvalue weighted by Crippen LogP contribution is -2.64. The number of alkyl halides is 1. The molecule has 0 spiro atoms. The highest BCUT2D eigenvalue weighted by atomic mass is 79.9. The Morgan fingerprint density at radius 2 is 1.83 bits per heavy atom. The van der Waals surface area contributed by atoms with Gasteiger partial charge in [-0.3, -0.25) is 4.79 Å². The van der Waals surface area contributed by atoms with Crippen molar-refractivity contribution in [2.75, 3.05) is 7.11 Å². The van der Waals surface area contributed by atoms with Crippen molar-refractivity contribution in [1.82, 2.24) is 0 Å². The molecule has 2 N–H and O–H groups in total. The lowest BCUT2D eigenvalue weighted by molar-refractivity contribution is -0.180. The average Bonchev–Trinajstić information content (AvgIpc) is 2.67. The van der Waals surface area contributed by atoms with E-state index in [0.717, 1.165) is 0 Å². The van der Waals surface area contributed by atoms with Crippen LogP contribution < -0.4 is 4.74 Å². The summed E-state index contributed by atoms with van der Waals surface area (Å²) < 4.78 is 16.4. The number of hydrogen-bond donors (Lipinski definition) is 2. The maximum Gasteiger partial charge on any atom is 0.340 e. The van der Waals surface area contributed by atoms with E-state index in [9.17, 15) is 19.8 Å². The van der Waals surface area contributed by atoms with Crippen LogP contribution in [0.2, 0.25) is 18.1 Å². The summed E-state index contributed by atoms with van der Waals surface area (Å²) in [5.41, 5.74) is -1.49. The lowest BCUT2D eigenvalue weighted by Gasteiger charge is -2.45. The number of hydrogen-bond acceptors (Lipinski definition) is 7. The van der Waals surface area contributed by atoms with E-state index in [4.69, 9.17) is 13.9 Å². The summed E-state index contributed by atoms with van der Waals surface area (Å²) >= 11 is 3.16. The Kier molecular flexibility index (Phi) is 7.56. The highest BCUT2D eigenvalue weighted by Gasteiger charge is 2.58. The zero-order chi connectivity index (χ0) is 22.9. The molecule has 1 aromatic rings. The van der Waals surface area contributed by atoms with Crippen LogP contribution in [0.25, 0.3) is 0 Å². The van der Waals surface area contributed by atoms with Crippen molar-refractivity contribution in [2.45, 2.75) is 74.6 Å². The number of esters is 1. The van der Waals surface area contributed by atoms with Gasteiger partial charge in [0.15, 0.2) is 19.7 Å². The summed E-state index contributed by atoms with van der Waals surface area (Å²) in [7, 11) is -0.806. The van der Waals surface area contributed by atoms with E-state index in [0.29, 0.717) is 11.3 Å². The highest BCUT2D eigenvalue weighted by Crippen LogP contribution is 2.41. The van der Waals surface area contributed by atoms with Crippen LogP contribution in [0.15, 0.2) is 24.3 Å². The molecule has 0 unspecified atom stereocenters. The normalized spacial score (nSPS) is 27.6. The summed E-state index contributed by atoms with van der Waals surface area (Å²) in [5, 5.41) is 21.3. The molecule has 1 aliphatic carbocycles. The molecule has 2 rings (SSSR count). The van der Waals surface area contributed by atoms with Gasteiger partial charge in [0.25, 0.3) is 0 Å². The topological polar surface area (TPSA) is 102 Å². The Morgan fingerprint density at radius 1 is 1.27 bits per heavy atom. The molecule has 1 aliphatic rings. The summed E-state index contributed by atoms with van der Waals surface area (Å²) in [6, 6.07) is 6.90. The number of halogens is 1. The fourth-order valence-corrected chi connectivity index (χ4v) is 4.81. The van der Waals surface area contributed by atoms with Gasteiger partial charge >= 0.3 is 5.97 Å². The summed E-state index contributed by atoms with van der Waals surface area (Å²) in [4.78, 5) is 24.3. The van der Waals surface area contributed by atoms with Crippen LogP contribution in [-0.2, 0) is 25.4 Å². The van der Waals surface area contributed by atoms with E-state index in [-0.39, 0.29) is 18.1 Å². The molecule has 7 nitrogen and oxygen atoms in total.